The number of aryl methyl sites for hydroxylation is 1. The maximum absolute atomic E-state index is 12.0. The fourth-order valence-electron chi connectivity index (χ4n) is 1.90. The highest BCUT2D eigenvalue weighted by atomic mass is 31.2. The zero-order chi connectivity index (χ0) is 14.1. The first kappa shape index (κ1) is 16.3. The summed E-state index contributed by atoms with van der Waals surface area (Å²) in [4.78, 5) is 12.0. The molecule has 0 unspecified atom stereocenters. The zero-order valence-corrected chi connectivity index (χ0v) is 12.9. The fraction of sp³-hybridized carbons (Fsp3) is 0.533. The molecule has 3 nitrogen and oxygen atoms in total. The highest BCUT2D eigenvalue weighted by Gasteiger charge is 2.18. The van der Waals surface area contributed by atoms with Gasteiger partial charge in [-0.3, -0.25) is 4.79 Å². The Kier molecular flexibility index (Phi) is 7.88. The highest BCUT2D eigenvalue weighted by Crippen LogP contribution is 2.36. The molecule has 0 N–H and O–H groups in total. The van der Waals surface area contributed by atoms with Crippen LogP contribution in [0.25, 0.3) is 0 Å². The van der Waals surface area contributed by atoms with Crippen molar-refractivity contribution < 1.29 is 13.8 Å². The second kappa shape index (κ2) is 9.19. The van der Waals surface area contributed by atoms with Gasteiger partial charge in [0.2, 0.25) is 0 Å². The molecule has 0 heterocycles. The molecule has 0 amide bonds. The first-order valence-electron chi connectivity index (χ1n) is 6.59. The van der Waals surface area contributed by atoms with E-state index in [0.29, 0.717) is 6.16 Å². The van der Waals surface area contributed by atoms with Gasteiger partial charge in [0, 0.05) is 20.1 Å². The Morgan fingerprint density at radius 2 is 1.84 bits per heavy atom. The van der Waals surface area contributed by atoms with E-state index in [-0.39, 0.29) is 11.7 Å². The number of Topliss-reactive ketones (excluding diaryl/α,β-unsaturated/α-hetero) is 1. The predicted octanol–water partition coefficient (Wildman–Crippen LogP) is 3.82. The first-order chi connectivity index (χ1) is 9.17. The van der Waals surface area contributed by atoms with E-state index in [1.54, 1.807) is 14.2 Å². The summed E-state index contributed by atoms with van der Waals surface area (Å²) in [5.41, 5.74) is 1.33. The van der Waals surface area contributed by atoms with E-state index in [4.69, 9.17) is 9.05 Å². The molecule has 0 saturated carbocycles. The van der Waals surface area contributed by atoms with Crippen LogP contribution in [-0.2, 0) is 20.3 Å². The van der Waals surface area contributed by atoms with Gasteiger partial charge in [0.15, 0.2) is 8.38 Å². The third-order valence-corrected chi connectivity index (χ3v) is 4.57. The summed E-state index contributed by atoms with van der Waals surface area (Å²) in [6.45, 7) is 1.99. The van der Waals surface area contributed by atoms with Crippen LogP contribution in [0.1, 0.15) is 25.3 Å². The molecular weight excluding hydrogens is 259 g/mol. The number of rotatable bonds is 9. The lowest BCUT2D eigenvalue weighted by molar-refractivity contribution is -0.120. The molecule has 0 spiro atoms. The lowest BCUT2D eigenvalue weighted by Crippen LogP contribution is -2.15. The van der Waals surface area contributed by atoms with Gasteiger partial charge in [0.1, 0.15) is 5.78 Å². The molecule has 1 aromatic carbocycles. The molecule has 1 rings (SSSR count). The van der Waals surface area contributed by atoms with Crippen molar-refractivity contribution in [2.75, 3.05) is 20.4 Å². The highest BCUT2D eigenvalue weighted by molar-refractivity contribution is 7.48. The van der Waals surface area contributed by atoms with Crippen LogP contribution >= 0.6 is 8.38 Å². The van der Waals surface area contributed by atoms with Crippen molar-refractivity contribution in [3.63, 3.8) is 0 Å². The van der Waals surface area contributed by atoms with Crippen molar-refractivity contribution in [2.24, 2.45) is 5.92 Å². The zero-order valence-electron chi connectivity index (χ0n) is 12.0. The number of carbonyl (C=O) groups is 1. The van der Waals surface area contributed by atoms with E-state index in [2.05, 4.69) is 12.1 Å². The lowest BCUT2D eigenvalue weighted by Gasteiger charge is -2.14. The van der Waals surface area contributed by atoms with Crippen LogP contribution in [0.5, 0.6) is 0 Å². The lowest BCUT2D eigenvalue weighted by atomic mass is 9.98. The second-order valence-electron chi connectivity index (χ2n) is 4.60. The summed E-state index contributed by atoms with van der Waals surface area (Å²) in [6.07, 6.45) is 3.38. The van der Waals surface area contributed by atoms with Gasteiger partial charge in [0.25, 0.3) is 0 Å². The molecule has 1 atom stereocenters. The molecule has 0 aliphatic carbocycles. The molecule has 19 heavy (non-hydrogen) atoms. The molecule has 0 radical (unpaired) electrons. The normalized spacial score (nSPS) is 12.6. The molecule has 0 aliphatic rings. The SMILES string of the molecule is COP(CC(=O)[C@@H](C)CCCc1ccccc1)OC. The number of hydrogen-bond donors (Lipinski definition) is 0. The molecule has 0 fully saturated rings. The minimum atomic E-state index is -1.04. The van der Waals surface area contributed by atoms with Gasteiger partial charge in [-0.25, -0.2) is 0 Å². The van der Waals surface area contributed by atoms with Crippen LogP contribution in [0, 0.1) is 5.92 Å². The van der Waals surface area contributed by atoms with Crippen LogP contribution in [0.4, 0.5) is 0 Å². The van der Waals surface area contributed by atoms with E-state index in [0.717, 1.165) is 19.3 Å². The van der Waals surface area contributed by atoms with Crippen molar-refractivity contribution in [1.29, 1.82) is 0 Å². The molecule has 1 aromatic rings. The van der Waals surface area contributed by atoms with Crippen LogP contribution in [0.2, 0.25) is 0 Å². The predicted molar refractivity (Wildman–Crippen MR) is 79.4 cm³/mol. The largest absolute Gasteiger partial charge is 0.337 e. The Morgan fingerprint density at radius 1 is 1.21 bits per heavy atom. The van der Waals surface area contributed by atoms with Crippen molar-refractivity contribution in [3.8, 4) is 0 Å². The van der Waals surface area contributed by atoms with Crippen LogP contribution in [-0.4, -0.2) is 26.2 Å². The maximum atomic E-state index is 12.0. The summed E-state index contributed by atoms with van der Waals surface area (Å²) in [5.74, 6) is 0.321. The summed E-state index contributed by atoms with van der Waals surface area (Å²) < 4.78 is 10.2. The Bertz CT molecular complexity index is 363. The van der Waals surface area contributed by atoms with E-state index >= 15 is 0 Å². The third kappa shape index (κ3) is 6.29. The Balaban J connectivity index is 2.27. The van der Waals surface area contributed by atoms with Gasteiger partial charge in [0.05, 0.1) is 6.16 Å². The standard InChI is InChI=1S/C15H23O3P/c1-13(15(16)12-19(17-2)18-3)8-7-11-14-9-5-4-6-10-14/h4-6,9-10,13H,7-8,11-12H2,1-3H3/t13-/m0/s1. The Hall–Kier alpha value is -0.760. The topological polar surface area (TPSA) is 35.5 Å². The number of carbonyl (C=O) groups excluding carboxylic acids is 1. The average Bonchev–Trinajstić information content (AvgIpc) is 2.45. The maximum Gasteiger partial charge on any atom is 0.177 e. The Labute approximate surface area is 117 Å². The number of hydrogen-bond acceptors (Lipinski definition) is 3. The quantitative estimate of drug-likeness (QED) is 0.646. The second-order valence-corrected chi connectivity index (χ2v) is 6.31. The van der Waals surface area contributed by atoms with Gasteiger partial charge >= 0.3 is 0 Å². The molecule has 0 saturated heterocycles. The molecule has 0 aromatic heterocycles. The number of benzene rings is 1. The molecule has 4 heteroatoms. The van der Waals surface area contributed by atoms with E-state index in [9.17, 15) is 4.79 Å². The van der Waals surface area contributed by atoms with Crippen LogP contribution in [0.3, 0.4) is 0 Å². The van der Waals surface area contributed by atoms with Crippen molar-refractivity contribution in [1.82, 2.24) is 0 Å². The molecule has 106 valence electrons. The fourth-order valence-corrected chi connectivity index (χ4v) is 2.88. The van der Waals surface area contributed by atoms with Crippen LogP contribution < -0.4 is 0 Å². The molecular formula is C15H23O3P. The summed E-state index contributed by atoms with van der Waals surface area (Å²) in [7, 11) is 2.14. The number of ketones is 1. The van der Waals surface area contributed by atoms with Gasteiger partial charge in [-0.1, -0.05) is 37.3 Å². The van der Waals surface area contributed by atoms with Crippen molar-refractivity contribution in [2.45, 2.75) is 26.2 Å². The summed E-state index contributed by atoms with van der Waals surface area (Å²) in [5, 5.41) is 0. The van der Waals surface area contributed by atoms with Gasteiger partial charge in [-0.15, -0.1) is 0 Å². The van der Waals surface area contributed by atoms with Crippen LogP contribution in [0.15, 0.2) is 30.3 Å². The average molecular weight is 282 g/mol. The summed E-state index contributed by atoms with van der Waals surface area (Å²) >= 11 is 0. The van der Waals surface area contributed by atoms with E-state index in [1.807, 2.05) is 25.1 Å². The minimum Gasteiger partial charge on any atom is -0.337 e. The first-order valence-corrected chi connectivity index (χ1v) is 7.96. The van der Waals surface area contributed by atoms with Crippen molar-refractivity contribution >= 4 is 14.2 Å². The van der Waals surface area contributed by atoms with E-state index < -0.39 is 8.38 Å². The summed E-state index contributed by atoms with van der Waals surface area (Å²) in [6, 6.07) is 10.4. The van der Waals surface area contributed by atoms with Gasteiger partial charge in [-0.05, 0) is 24.8 Å². The monoisotopic (exact) mass is 282 g/mol. The Morgan fingerprint density at radius 3 is 2.42 bits per heavy atom. The van der Waals surface area contributed by atoms with E-state index in [1.165, 1.54) is 5.56 Å². The third-order valence-electron chi connectivity index (χ3n) is 3.19. The van der Waals surface area contributed by atoms with Gasteiger partial charge in [-0.2, -0.15) is 0 Å². The smallest absolute Gasteiger partial charge is 0.177 e. The molecule has 0 aliphatic heterocycles. The minimum absolute atomic E-state index is 0.0824. The van der Waals surface area contributed by atoms with Crippen molar-refractivity contribution in [3.05, 3.63) is 35.9 Å². The molecule has 0 bridgehead atoms. The van der Waals surface area contributed by atoms with Gasteiger partial charge < -0.3 is 9.05 Å².